The number of aldehydes is 1. The predicted octanol–water partition coefficient (Wildman–Crippen LogP) is 3.72. The summed E-state index contributed by atoms with van der Waals surface area (Å²) in [6.45, 7) is 1.88. The van der Waals surface area contributed by atoms with Crippen molar-refractivity contribution in [1.82, 2.24) is 0 Å². The third-order valence-corrected chi connectivity index (χ3v) is 4.72. The van der Waals surface area contributed by atoms with Gasteiger partial charge < -0.3 is 20.7 Å². The topological polar surface area (TPSA) is 83.5 Å². The van der Waals surface area contributed by atoms with E-state index in [9.17, 15) is 9.90 Å². The Kier molecular flexibility index (Phi) is 14.8. The van der Waals surface area contributed by atoms with Crippen molar-refractivity contribution in [2.45, 2.75) is 108 Å². The van der Waals surface area contributed by atoms with Crippen molar-refractivity contribution >= 4 is 6.29 Å². The summed E-state index contributed by atoms with van der Waals surface area (Å²) in [7, 11) is 0. The maximum Gasteiger partial charge on any atom is 0.153 e. The van der Waals surface area contributed by atoms with Gasteiger partial charge in [-0.1, -0.05) is 90.4 Å². The molecule has 4 nitrogen and oxygen atoms in total. The molecule has 4 heteroatoms. The maximum atomic E-state index is 10.9. The molecule has 0 rings (SSSR count). The molecule has 23 heavy (non-hydrogen) atoms. The molecule has 0 aliphatic carbocycles. The van der Waals surface area contributed by atoms with Crippen LogP contribution in [0, 0.1) is 0 Å². The molecule has 138 valence electrons. The summed E-state index contributed by atoms with van der Waals surface area (Å²) in [5, 5.41) is 19.0. The summed E-state index contributed by atoms with van der Waals surface area (Å²) in [6.07, 6.45) is 17.2. The highest BCUT2D eigenvalue weighted by Crippen LogP contribution is 2.18. The van der Waals surface area contributed by atoms with Crippen molar-refractivity contribution in [3.8, 4) is 0 Å². The normalized spacial score (nSPS) is 15.3. The lowest BCUT2D eigenvalue weighted by Gasteiger charge is -2.27. The molecule has 0 unspecified atom stereocenters. The van der Waals surface area contributed by atoms with E-state index in [2.05, 4.69) is 6.92 Å². The molecule has 0 aromatic heterocycles. The lowest BCUT2D eigenvalue weighted by Crippen LogP contribution is -2.51. The fourth-order valence-corrected chi connectivity index (χ4v) is 2.92. The van der Waals surface area contributed by atoms with Crippen LogP contribution in [0.5, 0.6) is 0 Å². The SMILES string of the molecule is CCCCCCCCCCCCCCC[C@](O)(C=O)[C@@H](N)CO. The van der Waals surface area contributed by atoms with Gasteiger partial charge in [0.2, 0.25) is 0 Å². The molecular formula is C19H39NO3. The van der Waals surface area contributed by atoms with Crippen molar-refractivity contribution in [3.05, 3.63) is 0 Å². The highest BCUT2D eigenvalue weighted by molar-refractivity contribution is 5.63. The number of carbonyl (C=O) groups is 1. The zero-order chi connectivity index (χ0) is 17.4. The summed E-state index contributed by atoms with van der Waals surface area (Å²) in [5.41, 5.74) is 4.01. The zero-order valence-corrected chi connectivity index (χ0v) is 15.1. The molecule has 0 radical (unpaired) electrons. The van der Waals surface area contributed by atoms with E-state index in [0.717, 1.165) is 19.3 Å². The van der Waals surface area contributed by atoms with E-state index >= 15 is 0 Å². The Morgan fingerprint density at radius 3 is 1.61 bits per heavy atom. The lowest BCUT2D eigenvalue weighted by atomic mass is 9.90. The van der Waals surface area contributed by atoms with Crippen LogP contribution in [-0.2, 0) is 4.79 Å². The molecule has 0 saturated heterocycles. The van der Waals surface area contributed by atoms with Crippen molar-refractivity contribution in [2.24, 2.45) is 5.73 Å². The Bertz CT molecular complexity index is 273. The predicted molar refractivity (Wildman–Crippen MR) is 96.4 cm³/mol. The Balaban J connectivity index is 3.38. The largest absolute Gasteiger partial charge is 0.395 e. The smallest absolute Gasteiger partial charge is 0.153 e. The average Bonchev–Trinajstić information content (AvgIpc) is 2.57. The molecule has 0 heterocycles. The molecule has 4 N–H and O–H groups in total. The molecule has 0 fully saturated rings. The van der Waals surface area contributed by atoms with Gasteiger partial charge in [0, 0.05) is 0 Å². The molecule has 0 aliphatic rings. The van der Waals surface area contributed by atoms with E-state index in [0.29, 0.717) is 12.7 Å². The summed E-state index contributed by atoms with van der Waals surface area (Å²) in [4.78, 5) is 10.9. The van der Waals surface area contributed by atoms with E-state index in [1.807, 2.05) is 0 Å². The van der Waals surface area contributed by atoms with Gasteiger partial charge in [-0.15, -0.1) is 0 Å². The number of aliphatic hydroxyl groups excluding tert-OH is 1. The summed E-state index contributed by atoms with van der Waals surface area (Å²) in [5.74, 6) is 0. The van der Waals surface area contributed by atoms with E-state index in [-0.39, 0.29) is 6.61 Å². The fraction of sp³-hybridized carbons (Fsp3) is 0.947. The third kappa shape index (κ3) is 11.7. The van der Waals surface area contributed by atoms with Gasteiger partial charge in [-0.2, -0.15) is 0 Å². The van der Waals surface area contributed by atoms with Gasteiger partial charge in [-0.3, -0.25) is 0 Å². The Morgan fingerprint density at radius 2 is 1.26 bits per heavy atom. The van der Waals surface area contributed by atoms with Crippen LogP contribution < -0.4 is 5.73 Å². The van der Waals surface area contributed by atoms with Crippen LogP contribution in [0.25, 0.3) is 0 Å². The van der Waals surface area contributed by atoms with E-state index < -0.39 is 11.6 Å². The molecule has 0 aliphatic heterocycles. The quantitative estimate of drug-likeness (QED) is 0.280. The highest BCUT2D eigenvalue weighted by atomic mass is 16.3. The van der Waals surface area contributed by atoms with Crippen molar-refractivity contribution in [3.63, 3.8) is 0 Å². The molecule has 2 atom stereocenters. The second kappa shape index (κ2) is 15.1. The number of hydrogen-bond donors (Lipinski definition) is 3. The number of nitrogens with two attached hydrogens (primary N) is 1. The van der Waals surface area contributed by atoms with Crippen LogP contribution in [0.15, 0.2) is 0 Å². The zero-order valence-electron chi connectivity index (χ0n) is 15.1. The lowest BCUT2D eigenvalue weighted by molar-refractivity contribution is -0.128. The van der Waals surface area contributed by atoms with E-state index in [4.69, 9.17) is 10.8 Å². The molecular weight excluding hydrogens is 290 g/mol. The van der Waals surface area contributed by atoms with Gasteiger partial charge in [0.25, 0.3) is 0 Å². The first-order valence-electron chi connectivity index (χ1n) is 9.66. The standard InChI is InChI=1S/C19H39NO3/c1-2-3-4-5-6-7-8-9-10-11-12-13-14-15-19(23,17-22)18(20)16-21/h17-18,21,23H,2-16,20H2,1H3/t18-,19-/m0/s1. The fourth-order valence-electron chi connectivity index (χ4n) is 2.92. The van der Waals surface area contributed by atoms with Crippen LogP contribution in [0.2, 0.25) is 0 Å². The van der Waals surface area contributed by atoms with Crippen LogP contribution >= 0.6 is 0 Å². The average molecular weight is 330 g/mol. The van der Waals surface area contributed by atoms with E-state index in [1.165, 1.54) is 64.2 Å². The van der Waals surface area contributed by atoms with Gasteiger partial charge in [0.1, 0.15) is 5.60 Å². The first kappa shape index (κ1) is 22.6. The van der Waals surface area contributed by atoms with Gasteiger partial charge >= 0.3 is 0 Å². The molecule has 0 aromatic rings. The molecule has 0 bridgehead atoms. The number of hydrogen-bond acceptors (Lipinski definition) is 4. The molecule has 0 spiro atoms. The molecule has 0 aromatic carbocycles. The Morgan fingerprint density at radius 1 is 0.870 bits per heavy atom. The highest BCUT2D eigenvalue weighted by Gasteiger charge is 2.32. The Hall–Kier alpha value is -0.450. The van der Waals surface area contributed by atoms with Gasteiger partial charge in [-0.25, -0.2) is 0 Å². The van der Waals surface area contributed by atoms with Crippen molar-refractivity contribution < 1.29 is 15.0 Å². The maximum absolute atomic E-state index is 10.9. The first-order valence-corrected chi connectivity index (χ1v) is 9.66. The molecule has 0 saturated carbocycles. The third-order valence-electron chi connectivity index (χ3n) is 4.72. The van der Waals surface area contributed by atoms with E-state index in [1.54, 1.807) is 0 Å². The van der Waals surface area contributed by atoms with Crippen LogP contribution in [0.4, 0.5) is 0 Å². The van der Waals surface area contributed by atoms with Gasteiger partial charge in [0.15, 0.2) is 6.29 Å². The monoisotopic (exact) mass is 329 g/mol. The first-order chi connectivity index (χ1) is 11.1. The second-order valence-corrected chi connectivity index (χ2v) is 6.89. The van der Waals surface area contributed by atoms with Crippen LogP contribution in [-0.4, -0.2) is 34.7 Å². The minimum atomic E-state index is -1.56. The van der Waals surface area contributed by atoms with Gasteiger partial charge in [0.05, 0.1) is 12.6 Å². The summed E-state index contributed by atoms with van der Waals surface area (Å²) < 4.78 is 0. The minimum Gasteiger partial charge on any atom is -0.395 e. The summed E-state index contributed by atoms with van der Waals surface area (Å²) >= 11 is 0. The minimum absolute atomic E-state index is 0.343. The number of aliphatic hydroxyl groups is 2. The summed E-state index contributed by atoms with van der Waals surface area (Å²) in [6, 6.07) is -0.877. The molecule has 0 amide bonds. The van der Waals surface area contributed by atoms with Crippen LogP contribution in [0.1, 0.15) is 96.8 Å². The second-order valence-electron chi connectivity index (χ2n) is 6.89. The number of rotatable bonds is 17. The number of carbonyl (C=O) groups excluding carboxylic acids is 1. The van der Waals surface area contributed by atoms with Crippen LogP contribution in [0.3, 0.4) is 0 Å². The van der Waals surface area contributed by atoms with Crippen molar-refractivity contribution in [1.29, 1.82) is 0 Å². The Labute approximate surface area is 142 Å². The van der Waals surface area contributed by atoms with Crippen molar-refractivity contribution in [2.75, 3.05) is 6.61 Å². The number of unbranched alkanes of at least 4 members (excludes halogenated alkanes) is 12. The van der Waals surface area contributed by atoms with Gasteiger partial charge in [-0.05, 0) is 6.42 Å².